The average Bonchev–Trinajstić information content (AvgIpc) is 3.07. The summed E-state index contributed by atoms with van der Waals surface area (Å²) in [6.45, 7) is 0. The van der Waals surface area contributed by atoms with Crippen molar-refractivity contribution in [3.8, 4) is 6.07 Å². The van der Waals surface area contributed by atoms with Gasteiger partial charge in [-0.2, -0.15) is 5.26 Å². The molecule has 12 aliphatic rings. The molecule has 12 aliphatic carbocycles. The molecule has 3 heteroatoms. The third-order valence-corrected chi connectivity index (χ3v) is 15.2. The van der Waals surface area contributed by atoms with Crippen LogP contribution < -0.4 is 0 Å². The lowest BCUT2D eigenvalue weighted by Crippen LogP contribution is -2.35. The van der Waals surface area contributed by atoms with Crippen LogP contribution in [0, 0.1) is 11.3 Å². The number of hydrogen-bond donors (Lipinski definition) is 0. The van der Waals surface area contributed by atoms with E-state index in [9.17, 15) is 5.26 Å². The van der Waals surface area contributed by atoms with E-state index in [1.807, 2.05) is 7.11 Å². The average molecular weight is 623 g/mol. The largest absolute Gasteiger partial charge is 0.372 e. The van der Waals surface area contributed by atoms with E-state index < -0.39 is 0 Å². The predicted molar refractivity (Wildman–Crippen MR) is 170 cm³/mol. The van der Waals surface area contributed by atoms with Crippen molar-refractivity contribution in [3.63, 3.8) is 0 Å². The Balaban J connectivity index is 1.33. The molecule has 218 valence electrons. The van der Waals surface area contributed by atoms with Gasteiger partial charge in [-0.1, -0.05) is 15.9 Å². The smallest absolute Gasteiger partial charge is 0.108 e. The summed E-state index contributed by atoms with van der Waals surface area (Å²) in [4.78, 5) is 0. The second kappa shape index (κ2) is 9.20. The van der Waals surface area contributed by atoms with Crippen molar-refractivity contribution in [1.82, 2.24) is 0 Å². The Morgan fingerprint density at radius 2 is 0.762 bits per heavy atom. The summed E-state index contributed by atoms with van der Waals surface area (Å²) >= 11 is 4.33. The lowest BCUT2D eigenvalue weighted by atomic mass is 9.55. The van der Waals surface area contributed by atoms with Crippen molar-refractivity contribution < 1.29 is 4.74 Å². The van der Waals surface area contributed by atoms with E-state index in [2.05, 4.69) is 22.0 Å². The molecule has 0 amide bonds. The van der Waals surface area contributed by atoms with Gasteiger partial charge in [0.25, 0.3) is 0 Å². The lowest BCUT2D eigenvalue weighted by Gasteiger charge is -2.50. The van der Waals surface area contributed by atoms with Crippen LogP contribution >= 0.6 is 15.9 Å². The highest BCUT2D eigenvalue weighted by atomic mass is 79.9. The molecule has 1 unspecified atom stereocenters. The van der Waals surface area contributed by atoms with Gasteiger partial charge >= 0.3 is 0 Å². The Bertz CT molecular complexity index is 1450. The molecule has 4 saturated carbocycles. The molecule has 0 aliphatic heterocycles. The van der Waals surface area contributed by atoms with Gasteiger partial charge in [0.1, 0.15) is 6.10 Å². The zero-order valence-electron chi connectivity index (χ0n) is 25.2. The van der Waals surface area contributed by atoms with E-state index in [1.54, 1.807) is 44.5 Å². The number of benzene rings is 2. The minimum Gasteiger partial charge on any atom is -0.372 e. The van der Waals surface area contributed by atoms with Crippen LogP contribution in [-0.2, 0) is 4.74 Å². The number of methoxy groups -OCH3 is 1. The number of hydrogen-bond acceptors (Lipinski definition) is 2. The highest BCUT2D eigenvalue weighted by Gasteiger charge is 2.50. The Morgan fingerprint density at radius 3 is 1.05 bits per heavy atom. The van der Waals surface area contributed by atoms with Crippen LogP contribution in [0.5, 0.6) is 0 Å². The summed E-state index contributed by atoms with van der Waals surface area (Å²) in [6, 6.07) is 2.88. The molecule has 0 saturated heterocycles. The summed E-state index contributed by atoms with van der Waals surface area (Å²) in [5.41, 5.74) is 17.6. The van der Waals surface area contributed by atoms with Gasteiger partial charge in [0.2, 0.25) is 0 Å². The second-order valence-corrected chi connectivity index (χ2v) is 16.5. The lowest BCUT2D eigenvalue weighted by molar-refractivity contribution is 0.127. The van der Waals surface area contributed by atoms with Crippen LogP contribution in [0.25, 0.3) is 0 Å². The molecule has 0 aromatic heterocycles. The predicted octanol–water partition coefficient (Wildman–Crippen LogP) is 11.1. The molecule has 8 bridgehead atoms. The van der Waals surface area contributed by atoms with Crippen molar-refractivity contribution in [2.75, 3.05) is 7.11 Å². The van der Waals surface area contributed by atoms with Gasteiger partial charge < -0.3 is 4.74 Å². The van der Waals surface area contributed by atoms with E-state index in [0.29, 0.717) is 35.5 Å². The van der Waals surface area contributed by atoms with Crippen LogP contribution in [-0.4, -0.2) is 7.11 Å². The fraction of sp³-hybridized carbons (Fsp3) is 0.667. The molecule has 4 fully saturated rings. The molecule has 2 aromatic rings. The van der Waals surface area contributed by atoms with Crippen LogP contribution in [0.2, 0.25) is 0 Å². The van der Waals surface area contributed by atoms with Gasteiger partial charge in [-0.05, 0) is 206 Å². The molecule has 0 spiro atoms. The molecule has 2 aromatic carbocycles. The topological polar surface area (TPSA) is 33.0 Å². The standard InChI is InChI=1S/C39H44BrNO/c1-42-39(37-32-23-10-14-25(15-11-23)34(32)38(40)35-26-16-12-24(13-17-26)33(35)37)36-30-21-6-2-19(3-7-21)28(30)27(18-41)29-20-4-8-22(9-5-20)31(29)36/h19-26,39H,2-17H2,1H3. The number of nitriles is 1. The molecule has 1 atom stereocenters. The number of rotatable bonds is 3. The maximum absolute atomic E-state index is 10.8. The van der Waals surface area contributed by atoms with Crippen molar-refractivity contribution in [3.05, 3.63) is 65.7 Å². The van der Waals surface area contributed by atoms with Crippen molar-refractivity contribution >= 4 is 15.9 Å². The van der Waals surface area contributed by atoms with Gasteiger partial charge in [-0.25, -0.2) is 0 Å². The third-order valence-electron chi connectivity index (χ3n) is 14.4. The number of halogens is 1. The summed E-state index contributed by atoms with van der Waals surface area (Å²) in [6.07, 6.45) is 21.3. The van der Waals surface area contributed by atoms with Gasteiger partial charge in [-0.3, -0.25) is 0 Å². The van der Waals surface area contributed by atoms with Crippen LogP contribution in [0.15, 0.2) is 4.47 Å². The number of fused-ring (bicyclic) bond motifs is 8. The number of ether oxygens (including phenoxy) is 1. The molecule has 0 radical (unpaired) electrons. The molecule has 14 rings (SSSR count). The van der Waals surface area contributed by atoms with Gasteiger partial charge in [-0.15, -0.1) is 0 Å². The first-order valence-electron chi connectivity index (χ1n) is 17.7. The maximum atomic E-state index is 10.8. The van der Waals surface area contributed by atoms with Crippen molar-refractivity contribution in [1.29, 1.82) is 5.26 Å². The summed E-state index contributed by atoms with van der Waals surface area (Å²) in [5, 5.41) is 10.8. The fourth-order valence-corrected chi connectivity index (χ4v) is 13.9. The second-order valence-electron chi connectivity index (χ2n) is 15.7. The molecule has 0 heterocycles. The molecular formula is C39H44BrNO. The van der Waals surface area contributed by atoms with Crippen LogP contribution in [0.1, 0.15) is 217 Å². The SMILES string of the molecule is COC(c1c2c(c(Br)c3c1C1CCC3CC1)C1CCC2CC1)c1c2c(c(C#N)c3c1C1CCC3CC1)C1CCC2CC1. The first kappa shape index (κ1) is 25.7. The van der Waals surface area contributed by atoms with Gasteiger partial charge in [0.15, 0.2) is 0 Å². The van der Waals surface area contributed by atoms with Gasteiger partial charge in [0.05, 0.1) is 11.6 Å². The van der Waals surface area contributed by atoms with Crippen molar-refractivity contribution in [2.24, 2.45) is 0 Å². The summed E-state index contributed by atoms with van der Waals surface area (Å²) < 4.78 is 8.56. The highest BCUT2D eigenvalue weighted by Crippen LogP contribution is 2.65. The van der Waals surface area contributed by atoms with E-state index in [1.165, 1.54) is 118 Å². The zero-order valence-corrected chi connectivity index (χ0v) is 26.8. The van der Waals surface area contributed by atoms with E-state index in [0.717, 1.165) is 17.4 Å². The third kappa shape index (κ3) is 3.15. The summed E-state index contributed by atoms with van der Waals surface area (Å²) in [7, 11) is 2.05. The molecule has 2 nitrogen and oxygen atoms in total. The Labute approximate surface area is 260 Å². The normalized spacial score (nSPS) is 36.7. The Kier molecular flexibility index (Phi) is 5.62. The minimum absolute atomic E-state index is 0.0354. The Morgan fingerprint density at radius 1 is 0.500 bits per heavy atom. The minimum atomic E-state index is 0.0354. The first-order chi connectivity index (χ1) is 20.7. The Hall–Kier alpha value is -1.63. The zero-order chi connectivity index (χ0) is 27.9. The van der Waals surface area contributed by atoms with E-state index in [4.69, 9.17) is 4.74 Å². The molecule has 0 N–H and O–H groups in total. The number of nitrogens with zero attached hydrogens (tertiary/aromatic N) is 1. The quantitative estimate of drug-likeness (QED) is 0.341. The van der Waals surface area contributed by atoms with Gasteiger partial charge in [0, 0.05) is 11.6 Å². The van der Waals surface area contributed by atoms with E-state index >= 15 is 0 Å². The summed E-state index contributed by atoms with van der Waals surface area (Å²) in [5.74, 6) is 5.23. The fourth-order valence-electron chi connectivity index (χ4n) is 12.8. The molecular weight excluding hydrogens is 578 g/mol. The first-order valence-corrected chi connectivity index (χ1v) is 18.5. The van der Waals surface area contributed by atoms with Crippen LogP contribution in [0.4, 0.5) is 0 Å². The maximum Gasteiger partial charge on any atom is 0.108 e. The van der Waals surface area contributed by atoms with E-state index in [-0.39, 0.29) is 6.10 Å². The molecule has 42 heavy (non-hydrogen) atoms. The van der Waals surface area contributed by atoms with Crippen molar-refractivity contribution in [2.45, 2.75) is 156 Å². The highest BCUT2D eigenvalue weighted by molar-refractivity contribution is 9.10. The monoisotopic (exact) mass is 621 g/mol. The van der Waals surface area contributed by atoms with Crippen LogP contribution in [0.3, 0.4) is 0 Å².